The van der Waals surface area contributed by atoms with Crippen molar-refractivity contribution in [1.82, 2.24) is 5.32 Å². The molecule has 4 heteroatoms. The van der Waals surface area contributed by atoms with Gasteiger partial charge >= 0.3 is 0 Å². The summed E-state index contributed by atoms with van der Waals surface area (Å²) in [6, 6.07) is 4.73. The van der Waals surface area contributed by atoms with Gasteiger partial charge in [-0.2, -0.15) is 0 Å². The van der Waals surface area contributed by atoms with Crippen LogP contribution in [0.25, 0.3) is 0 Å². The number of hydrogen-bond donors (Lipinski definition) is 1. The maximum absolute atomic E-state index is 6.50. The zero-order valence-corrected chi connectivity index (χ0v) is 15.8. The Balaban J connectivity index is 2.36. The summed E-state index contributed by atoms with van der Waals surface area (Å²) in [5.74, 6) is 0. The molecule has 0 aliphatic rings. The molecule has 2 rings (SSSR count). The quantitative estimate of drug-likeness (QED) is 0.686. The monoisotopic (exact) mass is 341 g/mol. The Morgan fingerprint density at radius 1 is 1.29 bits per heavy atom. The summed E-state index contributed by atoms with van der Waals surface area (Å²) >= 11 is 10.2. The van der Waals surface area contributed by atoms with Gasteiger partial charge in [0.1, 0.15) is 0 Å². The number of nitrogens with one attached hydrogen (secondary N) is 1. The molecule has 0 amide bonds. The summed E-state index contributed by atoms with van der Waals surface area (Å²) in [6.07, 6.45) is 1.12. The molecule has 0 radical (unpaired) electrons. The molecule has 0 spiro atoms. The van der Waals surface area contributed by atoms with Gasteiger partial charge in [0.05, 0.1) is 11.1 Å². The van der Waals surface area contributed by atoms with Gasteiger partial charge in [0.2, 0.25) is 0 Å². The van der Waals surface area contributed by atoms with Crippen LogP contribution in [0.15, 0.2) is 17.5 Å². The summed E-state index contributed by atoms with van der Waals surface area (Å²) in [5, 5.41) is 6.72. The van der Waals surface area contributed by atoms with Crippen LogP contribution in [0.5, 0.6) is 0 Å². The fraction of sp³-hybridized carbons (Fsp3) is 0.529. The number of halogens is 1. The standard InChI is InChI=1S/C17H24ClNS2/c1-6-9-19-15(16-14(18)11(2)10-20-16)12-7-8-13(21-12)17(3,4)5/h7-8,10,15,19H,6,9H2,1-5H3. The Labute approximate surface area is 141 Å². The molecule has 0 saturated carbocycles. The lowest BCUT2D eigenvalue weighted by Crippen LogP contribution is -2.21. The fourth-order valence-corrected chi connectivity index (χ4v) is 4.79. The van der Waals surface area contributed by atoms with Crippen molar-refractivity contribution in [3.8, 4) is 0 Å². The molecule has 1 atom stereocenters. The van der Waals surface area contributed by atoms with E-state index in [-0.39, 0.29) is 11.5 Å². The average molecular weight is 342 g/mol. The lowest BCUT2D eigenvalue weighted by molar-refractivity contribution is 0.603. The second-order valence-electron chi connectivity index (χ2n) is 6.44. The van der Waals surface area contributed by atoms with E-state index in [4.69, 9.17) is 11.6 Å². The first-order chi connectivity index (χ1) is 9.84. The van der Waals surface area contributed by atoms with Crippen molar-refractivity contribution in [2.24, 2.45) is 0 Å². The maximum Gasteiger partial charge on any atom is 0.0780 e. The molecule has 2 heterocycles. The summed E-state index contributed by atoms with van der Waals surface area (Å²) in [7, 11) is 0. The van der Waals surface area contributed by atoms with Crippen LogP contribution < -0.4 is 5.32 Å². The fourth-order valence-electron chi connectivity index (χ4n) is 2.17. The van der Waals surface area contributed by atoms with E-state index in [1.165, 1.54) is 20.2 Å². The maximum atomic E-state index is 6.50. The van der Waals surface area contributed by atoms with E-state index in [1.54, 1.807) is 11.3 Å². The molecule has 1 unspecified atom stereocenters. The highest BCUT2D eigenvalue weighted by Gasteiger charge is 2.23. The zero-order chi connectivity index (χ0) is 15.6. The minimum absolute atomic E-state index is 0.202. The van der Waals surface area contributed by atoms with Crippen LogP contribution in [0.3, 0.4) is 0 Å². The molecule has 2 aromatic heterocycles. The molecule has 0 fully saturated rings. The van der Waals surface area contributed by atoms with Crippen LogP contribution in [-0.4, -0.2) is 6.54 Å². The van der Waals surface area contributed by atoms with Crippen LogP contribution in [0.2, 0.25) is 5.02 Å². The van der Waals surface area contributed by atoms with E-state index >= 15 is 0 Å². The molecule has 0 aromatic carbocycles. The smallest absolute Gasteiger partial charge is 0.0780 e. The predicted octanol–water partition coefficient (Wildman–Crippen LogP) is 6.16. The second kappa shape index (κ2) is 6.82. The number of thiophene rings is 2. The molecule has 0 bridgehead atoms. The normalized spacial score (nSPS) is 13.6. The Kier molecular flexibility index (Phi) is 5.53. The van der Waals surface area contributed by atoms with Crippen LogP contribution in [0.1, 0.15) is 60.4 Å². The minimum atomic E-state index is 0.202. The van der Waals surface area contributed by atoms with Crippen molar-refractivity contribution in [1.29, 1.82) is 0 Å². The summed E-state index contributed by atoms with van der Waals surface area (Å²) < 4.78 is 0. The third-order valence-electron chi connectivity index (χ3n) is 3.44. The summed E-state index contributed by atoms with van der Waals surface area (Å²) in [5.41, 5.74) is 1.38. The number of hydrogen-bond acceptors (Lipinski definition) is 3. The van der Waals surface area contributed by atoms with E-state index in [9.17, 15) is 0 Å². The third-order valence-corrected chi connectivity index (χ3v) is 6.79. The van der Waals surface area contributed by atoms with Gasteiger partial charge in [-0.05, 0) is 48.4 Å². The lowest BCUT2D eigenvalue weighted by atomic mass is 9.95. The van der Waals surface area contributed by atoms with E-state index < -0.39 is 0 Å². The van der Waals surface area contributed by atoms with Gasteiger partial charge < -0.3 is 5.32 Å². The van der Waals surface area contributed by atoms with Crippen molar-refractivity contribution in [2.45, 2.75) is 52.5 Å². The van der Waals surface area contributed by atoms with E-state index in [0.29, 0.717) is 0 Å². The first kappa shape index (κ1) is 17.0. The molecule has 1 N–H and O–H groups in total. The molecule has 2 aromatic rings. The highest BCUT2D eigenvalue weighted by atomic mass is 35.5. The Hall–Kier alpha value is -0.350. The van der Waals surface area contributed by atoms with Gasteiger partial charge in [0, 0.05) is 14.6 Å². The molecular weight excluding hydrogens is 318 g/mol. The van der Waals surface area contributed by atoms with Crippen molar-refractivity contribution >= 4 is 34.3 Å². The summed E-state index contributed by atoms with van der Waals surface area (Å²) in [4.78, 5) is 4.02. The van der Waals surface area contributed by atoms with Crippen molar-refractivity contribution in [3.05, 3.63) is 42.7 Å². The zero-order valence-electron chi connectivity index (χ0n) is 13.4. The van der Waals surface area contributed by atoms with Gasteiger partial charge in [0.25, 0.3) is 0 Å². The van der Waals surface area contributed by atoms with Crippen LogP contribution in [-0.2, 0) is 5.41 Å². The van der Waals surface area contributed by atoms with Gasteiger partial charge in [-0.15, -0.1) is 22.7 Å². The van der Waals surface area contributed by atoms with Crippen molar-refractivity contribution in [2.75, 3.05) is 6.54 Å². The van der Waals surface area contributed by atoms with Crippen molar-refractivity contribution < 1.29 is 0 Å². The molecule has 0 saturated heterocycles. The van der Waals surface area contributed by atoms with Crippen molar-refractivity contribution in [3.63, 3.8) is 0 Å². The van der Waals surface area contributed by atoms with Crippen LogP contribution >= 0.6 is 34.3 Å². The highest BCUT2D eigenvalue weighted by Crippen LogP contribution is 2.40. The first-order valence-electron chi connectivity index (χ1n) is 7.41. The molecule has 1 nitrogen and oxygen atoms in total. The van der Waals surface area contributed by atoms with E-state index in [2.05, 4.69) is 57.4 Å². The molecule has 116 valence electrons. The molecule has 0 aliphatic heterocycles. The highest BCUT2D eigenvalue weighted by molar-refractivity contribution is 7.13. The summed E-state index contributed by atoms with van der Waals surface area (Å²) in [6.45, 7) is 12.1. The predicted molar refractivity (Wildman–Crippen MR) is 97.2 cm³/mol. The van der Waals surface area contributed by atoms with Gasteiger partial charge in [-0.3, -0.25) is 0 Å². The van der Waals surface area contributed by atoms with Gasteiger partial charge in [-0.25, -0.2) is 0 Å². The third kappa shape index (κ3) is 3.89. The topological polar surface area (TPSA) is 12.0 Å². The van der Waals surface area contributed by atoms with Gasteiger partial charge in [-0.1, -0.05) is 39.3 Å². The number of rotatable bonds is 5. The van der Waals surface area contributed by atoms with Crippen LogP contribution in [0.4, 0.5) is 0 Å². The average Bonchev–Trinajstić information content (AvgIpc) is 3.01. The largest absolute Gasteiger partial charge is 0.305 e. The second-order valence-corrected chi connectivity index (χ2v) is 8.84. The SMILES string of the molecule is CCCNC(c1ccc(C(C)(C)C)s1)c1scc(C)c1Cl. The first-order valence-corrected chi connectivity index (χ1v) is 9.49. The lowest BCUT2D eigenvalue weighted by Gasteiger charge is -2.18. The van der Waals surface area contributed by atoms with Crippen LogP contribution in [0, 0.1) is 6.92 Å². The molecular formula is C17H24ClNS2. The van der Waals surface area contributed by atoms with E-state index in [0.717, 1.165) is 18.0 Å². The van der Waals surface area contributed by atoms with Gasteiger partial charge in [0.15, 0.2) is 0 Å². The Bertz CT molecular complexity index is 592. The number of aryl methyl sites for hydroxylation is 1. The molecule has 21 heavy (non-hydrogen) atoms. The van der Waals surface area contributed by atoms with E-state index in [1.807, 2.05) is 11.3 Å². The Morgan fingerprint density at radius 3 is 2.48 bits per heavy atom. The Morgan fingerprint density at radius 2 is 2.00 bits per heavy atom. The molecule has 0 aliphatic carbocycles. The minimum Gasteiger partial charge on any atom is -0.305 e.